The maximum Gasteiger partial charge on any atom is 0.197 e. The molecule has 0 spiro atoms. The van der Waals surface area contributed by atoms with Crippen molar-refractivity contribution < 1.29 is 4.42 Å². The highest BCUT2D eigenvalue weighted by Crippen LogP contribution is 2.35. The van der Waals surface area contributed by atoms with E-state index in [-0.39, 0.29) is 0 Å². The van der Waals surface area contributed by atoms with Crippen LogP contribution < -0.4 is 5.32 Å². The predicted octanol–water partition coefficient (Wildman–Crippen LogP) is 4.55. The molecular formula is C14H22ClNO. The quantitative estimate of drug-likeness (QED) is 0.807. The first-order valence-corrected chi connectivity index (χ1v) is 7.15. The Labute approximate surface area is 109 Å². The lowest BCUT2D eigenvalue weighted by Gasteiger charge is -2.21. The van der Waals surface area contributed by atoms with Gasteiger partial charge in [0.1, 0.15) is 0 Å². The molecule has 1 aliphatic carbocycles. The second-order valence-corrected chi connectivity index (χ2v) is 5.39. The van der Waals surface area contributed by atoms with Crippen LogP contribution in [0.25, 0.3) is 0 Å². The summed E-state index contributed by atoms with van der Waals surface area (Å²) in [6.07, 6.45) is 9.57. The molecule has 0 aromatic carbocycles. The molecular weight excluding hydrogens is 234 g/mol. The fourth-order valence-corrected chi connectivity index (χ4v) is 3.02. The van der Waals surface area contributed by atoms with Crippen LogP contribution in [0, 0.1) is 5.92 Å². The molecule has 1 fully saturated rings. The molecule has 0 amide bonds. The summed E-state index contributed by atoms with van der Waals surface area (Å²) >= 11 is 6.09. The zero-order chi connectivity index (χ0) is 12.1. The lowest BCUT2D eigenvalue weighted by atomic mass is 9.95. The maximum atomic E-state index is 6.09. The SMILES string of the molecule is CCCNC(CC1CCCC1)c1ccoc1Cl. The molecule has 1 saturated carbocycles. The van der Waals surface area contributed by atoms with Crippen molar-refractivity contribution in [3.63, 3.8) is 0 Å². The molecule has 96 valence electrons. The summed E-state index contributed by atoms with van der Waals surface area (Å²) in [6.45, 7) is 3.23. The van der Waals surface area contributed by atoms with Gasteiger partial charge in [-0.05, 0) is 43.0 Å². The molecule has 1 aliphatic rings. The lowest BCUT2D eigenvalue weighted by molar-refractivity contribution is 0.393. The summed E-state index contributed by atoms with van der Waals surface area (Å²) in [5.41, 5.74) is 1.13. The first kappa shape index (κ1) is 13.0. The van der Waals surface area contributed by atoms with Crippen molar-refractivity contribution in [3.8, 4) is 0 Å². The van der Waals surface area contributed by atoms with Crippen molar-refractivity contribution >= 4 is 11.6 Å². The van der Waals surface area contributed by atoms with Gasteiger partial charge in [-0.1, -0.05) is 32.6 Å². The van der Waals surface area contributed by atoms with Crippen LogP contribution >= 0.6 is 11.6 Å². The minimum atomic E-state index is 0.365. The van der Waals surface area contributed by atoms with Crippen LogP contribution in [0.4, 0.5) is 0 Å². The summed E-state index contributed by atoms with van der Waals surface area (Å²) in [4.78, 5) is 0. The van der Waals surface area contributed by atoms with Crippen molar-refractivity contribution in [1.29, 1.82) is 0 Å². The molecule has 2 nitrogen and oxygen atoms in total. The molecule has 17 heavy (non-hydrogen) atoms. The molecule has 1 heterocycles. The summed E-state index contributed by atoms with van der Waals surface area (Å²) in [5.74, 6) is 0.857. The third kappa shape index (κ3) is 3.49. The molecule has 1 atom stereocenters. The smallest absolute Gasteiger partial charge is 0.197 e. The highest BCUT2D eigenvalue weighted by molar-refractivity contribution is 6.29. The van der Waals surface area contributed by atoms with Crippen molar-refractivity contribution in [2.24, 2.45) is 5.92 Å². The summed E-state index contributed by atoms with van der Waals surface area (Å²) < 4.78 is 5.22. The van der Waals surface area contributed by atoms with Crippen molar-refractivity contribution in [1.82, 2.24) is 5.32 Å². The molecule has 0 bridgehead atoms. The topological polar surface area (TPSA) is 25.2 Å². The van der Waals surface area contributed by atoms with E-state index in [1.165, 1.54) is 32.1 Å². The van der Waals surface area contributed by atoms with Crippen molar-refractivity contribution in [2.45, 2.75) is 51.5 Å². The number of halogens is 1. The largest absolute Gasteiger partial charge is 0.453 e. The molecule has 1 aromatic rings. The minimum absolute atomic E-state index is 0.365. The average molecular weight is 256 g/mol. The Bertz CT molecular complexity index is 331. The van der Waals surface area contributed by atoms with Crippen LogP contribution in [0.15, 0.2) is 16.7 Å². The first-order chi connectivity index (χ1) is 8.31. The van der Waals surface area contributed by atoms with Gasteiger partial charge in [-0.25, -0.2) is 0 Å². The molecule has 0 saturated heterocycles. The van der Waals surface area contributed by atoms with Crippen molar-refractivity contribution in [3.05, 3.63) is 23.1 Å². The zero-order valence-corrected chi connectivity index (χ0v) is 11.3. The van der Waals surface area contributed by atoms with Gasteiger partial charge < -0.3 is 9.73 Å². The van der Waals surface area contributed by atoms with Gasteiger partial charge in [0, 0.05) is 11.6 Å². The minimum Gasteiger partial charge on any atom is -0.453 e. The third-order valence-electron chi connectivity index (χ3n) is 3.71. The molecule has 2 rings (SSSR count). The van der Waals surface area contributed by atoms with E-state index in [0.29, 0.717) is 11.3 Å². The van der Waals surface area contributed by atoms with Gasteiger partial charge in [-0.3, -0.25) is 0 Å². The Morgan fingerprint density at radius 2 is 2.24 bits per heavy atom. The third-order valence-corrected chi connectivity index (χ3v) is 4.01. The molecule has 1 N–H and O–H groups in total. The maximum absolute atomic E-state index is 6.09. The second kappa shape index (κ2) is 6.46. The average Bonchev–Trinajstić information content (AvgIpc) is 2.95. The van der Waals surface area contributed by atoms with Crippen LogP contribution in [0.5, 0.6) is 0 Å². The number of hydrogen-bond acceptors (Lipinski definition) is 2. The summed E-state index contributed by atoms with van der Waals surface area (Å²) in [6, 6.07) is 2.37. The Kier molecular flexibility index (Phi) is 4.93. The molecule has 1 aromatic heterocycles. The molecule has 3 heteroatoms. The first-order valence-electron chi connectivity index (χ1n) is 6.77. The van der Waals surface area contributed by atoms with Crippen LogP contribution in [0.1, 0.15) is 57.1 Å². The summed E-state index contributed by atoms with van der Waals surface area (Å²) in [5, 5.41) is 4.15. The predicted molar refractivity (Wildman–Crippen MR) is 71.3 cm³/mol. The van der Waals surface area contributed by atoms with Crippen LogP contribution in [0.2, 0.25) is 5.22 Å². The van der Waals surface area contributed by atoms with E-state index >= 15 is 0 Å². The molecule has 0 radical (unpaired) electrons. The van der Waals surface area contributed by atoms with E-state index in [1.54, 1.807) is 6.26 Å². The van der Waals surface area contributed by atoms with Gasteiger partial charge in [-0.15, -0.1) is 0 Å². The van der Waals surface area contributed by atoms with Gasteiger partial charge in [0.2, 0.25) is 0 Å². The normalized spacial score (nSPS) is 18.7. The van der Waals surface area contributed by atoms with E-state index in [0.717, 1.165) is 24.4 Å². The van der Waals surface area contributed by atoms with Gasteiger partial charge in [0.15, 0.2) is 5.22 Å². The van der Waals surface area contributed by atoms with Crippen molar-refractivity contribution in [2.75, 3.05) is 6.54 Å². The Balaban J connectivity index is 1.99. The van der Waals surface area contributed by atoms with E-state index < -0.39 is 0 Å². The van der Waals surface area contributed by atoms with E-state index in [4.69, 9.17) is 16.0 Å². The Morgan fingerprint density at radius 1 is 1.47 bits per heavy atom. The Morgan fingerprint density at radius 3 is 2.82 bits per heavy atom. The number of furan rings is 1. The van der Waals surface area contributed by atoms with E-state index in [9.17, 15) is 0 Å². The molecule has 1 unspecified atom stereocenters. The van der Waals surface area contributed by atoms with E-state index in [1.807, 2.05) is 6.07 Å². The van der Waals surface area contributed by atoms with Crippen LogP contribution in [-0.2, 0) is 0 Å². The number of hydrogen-bond donors (Lipinski definition) is 1. The number of nitrogens with one attached hydrogen (secondary N) is 1. The lowest BCUT2D eigenvalue weighted by Crippen LogP contribution is -2.24. The van der Waals surface area contributed by atoms with Gasteiger partial charge in [0.05, 0.1) is 6.26 Å². The van der Waals surface area contributed by atoms with E-state index in [2.05, 4.69) is 12.2 Å². The van der Waals surface area contributed by atoms with Crippen LogP contribution in [-0.4, -0.2) is 6.54 Å². The fourth-order valence-electron chi connectivity index (χ4n) is 2.77. The highest BCUT2D eigenvalue weighted by Gasteiger charge is 2.23. The number of rotatable bonds is 6. The fraction of sp³-hybridized carbons (Fsp3) is 0.714. The van der Waals surface area contributed by atoms with Gasteiger partial charge in [-0.2, -0.15) is 0 Å². The highest BCUT2D eigenvalue weighted by atomic mass is 35.5. The van der Waals surface area contributed by atoms with Gasteiger partial charge >= 0.3 is 0 Å². The van der Waals surface area contributed by atoms with Crippen LogP contribution in [0.3, 0.4) is 0 Å². The molecule has 0 aliphatic heterocycles. The monoisotopic (exact) mass is 255 g/mol. The van der Waals surface area contributed by atoms with Gasteiger partial charge in [0.25, 0.3) is 0 Å². The summed E-state index contributed by atoms with van der Waals surface area (Å²) in [7, 11) is 0. The zero-order valence-electron chi connectivity index (χ0n) is 10.5. The second-order valence-electron chi connectivity index (χ2n) is 5.04. The Hall–Kier alpha value is -0.470. The standard InChI is InChI=1S/C14H22ClNO/c1-2-8-16-13(10-11-5-3-4-6-11)12-7-9-17-14(12)15/h7,9,11,13,16H,2-6,8,10H2,1H3.